The van der Waals surface area contributed by atoms with Gasteiger partial charge in [-0.25, -0.2) is 0 Å². The van der Waals surface area contributed by atoms with Crippen molar-refractivity contribution in [1.82, 2.24) is 4.90 Å². The maximum atomic E-state index is 10.5. The number of nitrogens with zero attached hydrogens (tertiary/aromatic N) is 1. The minimum atomic E-state index is -4.02. The third kappa shape index (κ3) is 8.19. The van der Waals surface area contributed by atoms with Crippen LogP contribution in [0.4, 0.5) is 0 Å². The van der Waals surface area contributed by atoms with E-state index in [1.54, 1.807) is 12.1 Å². The smallest absolute Gasteiger partial charge is 0.294 e. The number of hydrogen-bond donors (Lipinski definition) is 2. The minimum absolute atomic E-state index is 0.0666. The molecule has 3 N–H and O–H groups in total. The Bertz CT molecular complexity index is 433. The summed E-state index contributed by atoms with van der Waals surface area (Å²) in [5, 5.41) is 0. The van der Waals surface area contributed by atoms with Gasteiger partial charge in [0.15, 0.2) is 0 Å². The summed E-state index contributed by atoms with van der Waals surface area (Å²) in [5.74, 6) is 0. The highest BCUT2D eigenvalue weighted by Gasteiger charge is 2.06. The first-order valence-corrected chi connectivity index (χ1v) is 7.01. The van der Waals surface area contributed by atoms with Crippen LogP contribution in [0.25, 0.3) is 0 Å². The molecule has 0 bridgehead atoms. The normalized spacial score (nSPS) is 12.8. The number of aryl methyl sites for hydroxylation is 1. The van der Waals surface area contributed by atoms with Gasteiger partial charge in [0.25, 0.3) is 10.1 Å². The van der Waals surface area contributed by atoms with E-state index in [0.717, 1.165) is 12.1 Å². The highest BCUT2D eigenvalue weighted by molar-refractivity contribution is 7.85. The van der Waals surface area contributed by atoms with Crippen molar-refractivity contribution < 1.29 is 13.0 Å². The van der Waals surface area contributed by atoms with Gasteiger partial charge in [-0.15, -0.1) is 0 Å². The van der Waals surface area contributed by atoms with Crippen LogP contribution in [0.1, 0.15) is 12.5 Å². The quantitative estimate of drug-likeness (QED) is 0.807. The Balaban J connectivity index is 0.000000360. The molecule has 0 fully saturated rings. The molecule has 0 aliphatic rings. The van der Waals surface area contributed by atoms with E-state index in [1.807, 2.05) is 27.9 Å². The van der Waals surface area contributed by atoms with E-state index in [-0.39, 0.29) is 4.90 Å². The van der Waals surface area contributed by atoms with E-state index in [4.69, 9.17) is 10.3 Å². The highest BCUT2D eigenvalue weighted by atomic mass is 32.2. The molecule has 1 rings (SSSR count). The van der Waals surface area contributed by atoms with Crippen molar-refractivity contribution in [3.63, 3.8) is 0 Å². The van der Waals surface area contributed by atoms with E-state index in [2.05, 4.69) is 4.90 Å². The van der Waals surface area contributed by atoms with Crippen molar-refractivity contribution in [3.8, 4) is 0 Å². The second kappa shape index (κ2) is 7.48. The van der Waals surface area contributed by atoms with Crippen LogP contribution in [-0.4, -0.2) is 44.6 Å². The van der Waals surface area contributed by atoms with Gasteiger partial charge in [-0.1, -0.05) is 17.7 Å². The third-order valence-electron chi connectivity index (χ3n) is 1.97. The molecule has 6 heteroatoms. The Labute approximate surface area is 109 Å². The molecule has 0 spiro atoms. The first-order valence-electron chi connectivity index (χ1n) is 5.57. The maximum absolute atomic E-state index is 10.5. The highest BCUT2D eigenvalue weighted by Crippen LogP contribution is 2.08. The Morgan fingerprint density at radius 2 is 1.72 bits per heavy atom. The number of hydrogen-bond acceptors (Lipinski definition) is 4. The molecule has 5 nitrogen and oxygen atoms in total. The summed E-state index contributed by atoms with van der Waals surface area (Å²) in [6.45, 7) is 4.81. The third-order valence-corrected chi connectivity index (χ3v) is 2.84. The lowest BCUT2D eigenvalue weighted by molar-refractivity contribution is 0.383. The van der Waals surface area contributed by atoms with Gasteiger partial charge in [-0.3, -0.25) is 4.55 Å². The molecule has 0 radical (unpaired) electrons. The molecule has 1 unspecified atom stereocenters. The lowest BCUT2D eigenvalue weighted by Crippen LogP contribution is -2.29. The number of nitrogens with two attached hydrogens (primary N) is 1. The largest absolute Gasteiger partial charge is 0.327 e. The van der Waals surface area contributed by atoms with Crippen LogP contribution in [0.5, 0.6) is 0 Å². The molecule has 0 saturated carbocycles. The molecule has 0 aliphatic heterocycles. The van der Waals surface area contributed by atoms with Gasteiger partial charge in [0.05, 0.1) is 4.90 Å². The van der Waals surface area contributed by atoms with E-state index >= 15 is 0 Å². The number of benzene rings is 1. The van der Waals surface area contributed by atoms with Gasteiger partial charge in [0.2, 0.25) is 0 Å². The van der Waals surface area contributed by atoms with E-state index in [0.29, 0.717) is 6.04 Å². The summed E-state index contributed by atoms with van der Waals surface area (Å²) >= 11 is 0. The van der Waals surface area contributed by atoms with Crippen LogP contribution in [0.3, 0.4) is 0 Å². The molecule has 104 valence electrons. The van der Waals surface area contributed by atoms with Crippen LogP contribution in [0.2, 0.25) is 0 Å². The Kier molecular flexibility index (Phi) is 7.08. The molecular weight excluding hydrogens is 252 g/mol. The molecule has 0 aliphatic carbocycles. The van der Waals surface area contributed by atoms with Crippen molar-refractivity contribution in [2.45, 2.75) is 24.8 Å². The van der Waals surface area contributed by atoms with Gasteiger partial charge in [0.1, 0.15) is 0 Å². The van der Waals surface area contributed by atoms with Crippen LogP contribution < -0.4 is 5.73 Å². The van der Waals surface area contributed by atoms with Crippen LogP contribution >= 0.6 is 0 Å². The predicted molar refractivity (Wildman–Crippen MR) is 73.2 cm³/mol. The monoisotopic (exact) mass is 274 g/mol. The molecule has 0 amide bonds. The molecule has 1 aromatic carbocycles. The van der Waals surface area contributed by atoms with E-state index < -0.39 is 10.1 Å². The van der Waals surface area contributed by atoms with Crippen LogP contribution in [-0.2, 0) is 10.1 Å². The summed E-state index contributed by atoms with van der Waals surface area (Å²) in [6, 6.07) is 6.29. The molecular formula is C12H22N2O3S. The summed E-state index contributed by atoms with van der Waals surface area (Å²) in [4.78, 5) is 2.01. The predicted octanol–water partition coefficient (Wildman–Crippen LogP) is 1.14. The fourth-order valence-corrected chi connectivity index (χ4v) is 1.77. The lowest BCUT2D eigenvalue weighted by Gasteiger charge is -2.11. The van der Waals surface area contributed by atoms with Crippen LogP contribution in [0.15, 0.2) is 29.2 Å². The molecule has 1 aromatic rings. The lowest BCUT2D eigenvalue weighted by atomic mass is 10.2. The summed E-state index contributed by atoms with van der Waals surface area (Å²) in [7, 11) is 0.0149. The molecule has 0 aromatic heterocycles. The zero-order valence-electron chi connectivity index (χ0n) is 11.3. The number of rotatable bonds is 3. The summed E-state index contributed by atoms with van der Waals surface area (Å²) in [5.41, 5.74) is 6.41. The molecule has 0 saturated heterocycles. The average Bonchev–Trinajstić information content (AvgIpc) is 2.15. The standard InChI is InChI=1S/C7H8O3S.C5H14N2/c1-6-2-4-7(5-3-6)11(8,9)10;1-5(6)4-7(2)3/h2-5H,1H3,(H,8,9,10);5H,4,6H2,1-3H3. The fourth-order valence-electron chi connectivity index (χ4n) is 1.29. The Hall–Kier alpha value is -0.950. The molecule has 18 heavy (non-hydrogen) atoms. The summed E-state index contributed by atoms with van der Waals surface area (Å²) < 4.78 is 29.6. The second-order valence-corrected chi connectivity index (χ2v) is 5.95. The summed E-state index contributed by atoms with van der Waals surface area (Å²) in [6.07, 6.45) is 0. The van der Waals surface area contributed by atoms with Crippen molar-refractivity contribution in [1.29, 1.82) is 0 Å². The number of likely N-dealkylation sites (N-methyl/N-ethyl adjacent to an activating group) is 1. The van der Waals surface area contributed by atoms with Gasteiger partial charge in [-0.05, 0) is 40.1 Å². The topological polar surface area (TPSA) is 83.6 Å². The van der Waals surface area contributed by atoms with Crippen molar-refractivity contribution in [3.05, 3.63) is 29.8 Å². The van der Waals surface area contributed by atoms with Gasteiger partial charge >= 0.3 is 0 Å². The van der Waals surface area contributed by atoms with Gasteiger partial charge < -0.3 is 10.6 Å². The fraction of sp³-hybridized carbons (Fsp3) is 0.500. The van der Waals surface area contributed by atoms with E-state index in [1.165, 1.54) is 12.1 Å². The zero-order chi connectivity index (χ0) is 14.3. The van der Waals surface area contributed by atoms with Gasteiger partial charge in [0, 0.05) is 12.6 Å². The van der Waals surface area contributed by atoms with Crippen molar-refractivity contribution in [2.24, 2.45) is 5.73 Å². The Morgan fingerprint density at radius 1 is 1.28 bits per heavy atom. The molecule has 1 atom stereocenters. The van der Waals surface area contributed by atoms with E-state index in [9.17, 15) is 8.42 Å². The Morgan fingerprint density at radius 3 is 1.94 bits per heavy atom. The van der Waals surface area contributed by atoms with Crippen molar-refractivity contribution >= 4 is 10.1 Å². The van der Waals surface area contributed by atoms with Gasteiger partial charge in [-0.2, -0.15) is 8.42 Å². The maximum Gasteiger partial charge on any atom is 0.294 e. The first-order chi connectivity index (χ1) is 8.12. The second-order valence-electron chi connectivity index (χ2n) is 4.53. The van der Waals surface area contributed by atoms with Crippen LogP contribution in [0, 0.1) is 6.92 Å². The zero-order valence-corrected chi connectivity index (χ0v) is 12.1. The first kappa shape index (κ1) is 17.1. The average molecular weight is 274 g/mol. The molecule has 0 heterocycles. The van der Waals surface area contributed by atoms with Crippen molar-refractivity contribution in [2.75, 3.05) is 20.6 Å². The SMILES string of the molecule is CC(N)CN(C)C.Cc1ccc(S(=O)(=O)O)cc1. The minimum Gasteiger partial charge on any atom is -0.327 e.